The van der Waals surface area contributed by atoms with Gasteiger partial charge in [-0.3, -0.25) is 0 Å². The van der Waals surface area contributed by atoms with Crippen LogP contribution in [0.25, 0.3) is 0 Å². The Hall–Kier alpha value is -0.610. The molecule has 0 radical (unpaired) electrons. The molecule has 0 spiro atoms. The van der Waals surface area contributed by atoms with Crippen LogP contribution in [0.3, 0.4) is 0 Å². The second-order valence-electron chi connectivity index (χ2n) is 4.63. The molecule has 2 unspecified atom stereocenters. The molecule has 1 nitrogen and oxygen atoms in total. The predicted octanol–water partition coefficient (Wildman–Crippen LogP) is 3.38. The van der Waals surface area contributed by atoms with Gasteiger partial charge in [-0.05, 0) is 43.2 Å². The lowest BCUT2D eigenvalue weighted by molar-refractivity contribution is 0.463. The monoisotopic (exact) mass is 271 g/mol. The van der Waals surface area contributed by atoms with Gasteiger partial charge in [0.1, 0.15) is 0 Å². The summed E-state index contributed by atoms with van der Waals surface area (Å²) in [6.45, 7) is 2.91. The molecule has 1 aliphatic rings. The van der Waals surface area contributed by atoms with Gasteiger partial charge in [0.2, 0.25) is 0 Å². The van der Waals surface area contributed by atoms with E-state index in [2.05, 4.69) is 12.2 Å². The van der Waals surface area contributed by atoms with Crippen molar-refractivity contribution >= 4 is 11.8 Å². The zero-order chi connectivity index (χ0) is 13.0. The first kappa shape index (κ1) is 13.8. The fourth-order valence-corrected chi connectivity index (χ4v) is 3.85. The van der Waals surface area contributed by atoms with Crippen LogP contribution in [-0.4, -0.2) is 23.6 Å². The van der Waals surface area contributed by atoms with Crippen molar-refractivity contribution in [3.63, 3.8) is 0 Å². The van der Waals surface area contributed by atoms with Crippen LogP contribution in [0, 0.1) is 11.6 Å². The van der Waals surface area contributed by atoms with Crippen LogP contribution < -0.4 is 5.32 Å². The summed E-state index contributed by atoms with van der Waals surface area (Å²) in [7, 11) is 0. The maximum atomic E-state index is 13.7. The number of benzene rings is 1. The maximum Gasteiger partial charge on any atom is 0.162 e. The first-order chi connectivity index (χ1) is 8.72. The molecule has 0 aromatic heterocycles. The van der Waals surface area contributed by atoms with Gasteiger partial charge in [-0.2, -0.15) is 11.8 Å². The van der Waals surface area contributed by atoms with Crippen molar-refractivity contribution < 1.29 is 8.78 Å². The zero-order valence-corrected chi connectivity index (χ0v) is 11.4. The SMILES string of the molecule is CCNC(Cc1cccc(F)c1F)C1CCCS1. The molecule has 0 saturated carbocycles. The van der Waals surface area contributed by atoms with Crippen LogP contribution in [0.1, 0.15) is 25.3 Å². The van der Waals surface area contributed by atoms with Crippen LogP contribution in [0.15, 0.2) is 18.2 Å². The van der Waals surface area contributed by atoms with Crippen molar-refractivity contribution in [2.24, 2.45) is 0 Å². The van der Waals surface area contributed by atoms with Gasteiger partial charge in [0, 0.05) is 11.3 Å². The molecule has 0 aliphatic carbocycles. The molecule has 1 N–H and O–H groups in total. The van der Waals surface area contributed by atoms with E-state index in [9.17, 15) is 8.78 Å². The highest BCUT2D eigenvalue weighted by molar-refractivity contribution is 8.00. The Morgan fingerprint density at radius 3 is 2.94 bits per heavy atom. The largest absolute Gasteiger partial charge is 0.313 e. The Labute approximate surface area is 111 Å². The van der Waals surface area contributed by atoms with Crippen molar-refractivity contribution in [1.29, 1.82) is 0 Å². The standard InChI is InChI=1S/C14H19F2NS/c1-2-17-12(13-7-4-8-18-13)9-10-5-3-6-11(15)14(10)16/h3,5-6,12-13,17H,2,4,7-9H2,1H3. The minimum Gasteiger partial charge on any atom is -0.313 e. The number of nitrogens with one attached hydrogen (secondary N) is 1. The highest BCUT2D eigenvalue weighted by Crippen LogP contribution is 2.30. The van der Waals surface area contributed by atoms with E-state index in [0.29, 0.717) is 17.2 Å². The van der Waals surface area contributed by atoms with Crippen molar-refractivity contribution in [3.8, 4) is 0 Å². The van der Waals surface area contributed by atoms with Crippen LogP contribution >= 0.6 is 11.8 Å². The Morgan fingerprint density at radius 1 is 1.44 bits per heavy atom. The quantitative estimate of drug-likeness (QED) is 0.881. The number of rotatable bonds is 5. The van der Waals surface area contributed by atoms with Crippen molar-refractivity contribution in [2.45, 2.75) is 37.5 Å². The molecule has 1 aliphatic heterocycles. The predicted molar refractivity (Wildman–Crippen MR) is 73.0 cm³/mol. The Balaban J connectivity index is 2.10. The molecule has 1 aromatic rings. The summed E-state index contributed by atoms with van der Waals surface area (Å²) in [6, 6.07) is 4.67. The van der Waals surface area contributed by atoms with E-state index in [1.807, 2.05) is 11.8 Å². The topological polar surface area (TPSA) is 12.0 Å². The summed E-state index contributed by atoms with van der Waals surface area (Å²) in [6.07, 6.45) is 2.96. The van der Waals surface area contributed by atoms with Gasteiger partial charge in [0.15, 0.2) is 11.6 Å². The lowest BCUT2D eigenvalue weighted by atomic mass is 10.00. The van der Waals surface area contributed by atoms with Gasteiger partial charge in [0.05, 0.1) is 0 Å². The number of hydrogen-bond donors (Lipinski definition) is 1. The van der Waals surface area contributed by atoms with Crippen molar-refractivity contribution in [3.05, 3.63) is 35.4 Å². The average Bonchev–Trinajstić information content (AvgIpc) is 2.88. The molecule has 1 fully saturated rings. The Morgan fingerprint density at radius 2 is 2.28 bits per heavy atom. The Kier molecular flexibility index (Phi) is 5.01. The third-order valence-electron chi connectivity index (χ3n) is 3.35. The molecule has 4 heteroatoms. The Bertz CT molecular complexity index is 391. The lowest BCUT2D eigenvalue weighted by Crippen LogP contribution is -2.39. The summed E-state index contributed by atoms with van der Waals surface area (Å²) in [5.41, 5.74) is 0.480. The summed E-state index contributed by atoms with van der Waals surface area (Å²) in [5, 5.41) is 3.93. The summed E-state index contributed by atoms with van der Waals surface area (Å²) < 4.78 is 26.9. The molecule has 100 valence electrons. The van der Waals surface area contributed by atoms with Gasteiger partial charge in [0.25, 0.3) is 0 Å². The third-order valence-corrected chi connectivity index (χ3v) is 4.87. The zero-order valence-electron chi connectivity index (χ0n) is 10.6. The van der Waals surface area contributed by atoms with E-state index in [-0.39, 0.29) is 6.04 Å². The summed E-state index contributed by atoms with van der Waals surface area (Å²) in [5.74, 6) is -0.261. The molecule has 1 heterocycles. The molecular weight excluding hydrogens is 252 g/mol. The number of likely N-dealkylation sites (N-methyl/N-ethyl adjacent to an activating group) is 1. The smallest absolute Gasteiger partial charge is 0.162 e. The molecule has 2 atom stereocenters. The summed E-state index contributed by atoms with van der Waals surface area (Å²) >= 11 is 1.94. The van der Waals surface area contributed by atoms with Gasteiger partial charge in [-0.25, -0.2) is 8.78 Å². The fraction of sp³-hybridized carbons (Fsp3) is 0.571. The molecule has 0 amide bonds. The van der Waals surface area contributed by atoms with Crippen LogP contribution in [-0.2, 0) is 6.42 Å². The van der Waals surface area contributed by atoms with E-state index < -0.39 is 11.6 Å². The van der Waals surface area contributed by atoms with E-state index in [1.54, 1.807) is 12.1 Å². The lowest BCUT2D eigenvalue weighted by Gasteiger charge is -2.24. The highest BCUT2D eigenvalue weighted by atomic mass is 32.2. The van der Waals surface area contributed by atoms with E-state index >= 15 is 0 Å². The molecular formula is C14H19F2NS. The van der Waals surface area contributed by atoms with E-state index in [1.165, 1.54) is 24.7 Å². The normalized spacial score (nSPS) is 21.2. The number of hydrogen-bond acceptors (Lipinski definition) is 2. The van der Waals surface area contributed by atoms with Gasteiger partial charge < -0.3 is 5.32 Å². The van der Waals surface area contributed by atoms with Crippen molar-refractivity contribution in [2.75, 3.05) is 12.3 Å². The van der Waals surface area contributed by atoms with Gasteiger partial charge >= 0.3 is 0 Å². The van der Waals surface area contributed by atoms with E-state index in [4.69, 9.17) is 0 Å². The second kappa shape index (κ2) is 6.53. The van der Waals surface area contributed by atoms with Gasteiger partial charge in [-0.15, -0.1) is 0 Å². The average molecular weight is 271 g/mol. The maximum absolute atomic E-state index is 13.7. The summed E-state index contributed by atoms with van der Waals surface area (Å²) in [4.78, 5) is 0. The fourth-order valence-electron chi connectivity index (χ4n) is 2.46. The third kappa shape index (κ3) is 3.23. The van der Waals surface area contributed by atoms with Crippen LogP contribution in [0.5, 0.6) is 0 Å². The van der Waals surface area contributed by atoms with Crippen molar-refractivity contribution in [1.82, 2.24) is 5.32 Å². The molecule has 1 aromatic carbocycles. The first-order valence-electron chi connectivity index (χ1n) is 6.50. The molecule has 2 rings (SSSR count). The number of thioether (sulfide) groups is 1. The van der Waals surface area contributed by atoms with E-state index in [0.717, 1.165) is 6.54 Å². The van der Waals surface area contributed by atoms with Gasteiger partial charge in [-0.1, -0.05) is 19.1 Å². The first-order valence-corrected chi connectivity index (χ1v) is 7.55. The minimum absolute atomic E-state index is 0.235. The second-order valence-corrected chi connectivity index (χ2v) is 5.98. The highest BCUT2D eigenvalue weighted by Gasteiger charge is 2.26. The minimum atomic E-state index is -0.748. The molecule has 18 heavy (non-hydrogen) atoms. The van der Waals surface area contributed by atoms with Crippen LogP contribution in [0.4, 0.5) is 8.78 Å². The number of halogens is 2. The molecule has 1 saturated heterocycles. The van der Waals surface area contributed by atoms with Crippen LogP contribution in [0.2, 0.25) is 0 Å². The molecule has 0 bridgehead atoms.